The maximum atomic E-state index is 14.3. The molecular formula is C17H14F2N4O. The van der Waals surface area contributed by atoms with E-state index in [2.05, 4.69) is 15.2 Å². The molecule has 1 aromatic carbocycles. The van der Waals surface area contributed by atoms with Crippen molar-refractivity contribution in [3.8, 4) is 22.6 Å². The van der Waals surface area contributed by atoms with E-state index in [1.165, 1.54) is 12.5 Å². The summed E-state index contributed by atoms with van der Waals surface area (Å²) in [5.74, 6) is 0.402. The number of pyridine rings is 1. The molecule has 1 aliphatic heterocycles. The molecule has 24 heavy (non-hydrogen) atoms. The van der Waals surface area contributed by atoms with Crippen LogP contribution in [-0.4, -0.2) is 34.4 Å². The van der Waals surface area contributed by atoms with Gasteiger partial charge in [0.25, 0.3) is 5.89 Å². The molecule has 122 valence electrons. The summed E-state index contributed by atoms with van der Waals surface area (Å²) in [6.45, 7) is 0.783. The molecule has 3 heterocycles. The summed E-state index contributed by atoms with van der Waals surface area (Å²) in [6, 6.07) is 8.15. The summed E-state index contributed by atoms with van der Waals surface area (Å²) in [6.07, 6.45) is 2.33. The molecule has 2 aromatic heterocycles. The SMILES string of the molecule is Fc1ccccc1-c1ccnc(N2CC[C@H](F)C2)c1-c1nnco1. The number of halogens is 2. The number of rotatable bonds is 3. The van der Waals surface area contributed by atoms with E-state index in [1.54, 1.807) is 30.5 Å². The van der Waals surface area contributed by atoms with Crippen LogP contribution in [0, 0.1) is 5.82 Å². The van der Waals surface area contributed by atoms with Gasteiger partial charge in [0.05, 0.1) is 12.1 Å². The summed E-state index contributed by atoms with van der Waals surface area (Å²) in [5, 5.41) is 7.66. The van der Waals surface area contributed by atoms with Crippen molar-refractivity contribution >= 4 is 5.82 Å². The van der Waals surface area contributed by atoms with Crippen LogP contribution >= 0.6 is 0 Å². The van der Waals surface area contributed by atoms with E-state index in [1.807, 2.05) is 4.90 Å². The maximum absolute atomic E-state index is 14.3. The summed E-state index contributed by atoms with van der Waals surface area (Å²) >= 11 is 0. The van der Waals surface area contributed by atoms with Crippen molar-refractivity contribution in [1.82, 2.24) is 15.2 Å². The van der Waals surface area contributed by atoms with Crippen molar-refractivity contribution in [1.29, 1.82) is 0 Å². The highest BCUT2D eigenvalue weighted by atomic mass is 19.1. The van der Waals surface area contributed by atoms with Gasteiger partial charge < -0.3 is 9.32 Å². The van der Waals surface area contributed by atoms with Crippen molar-refractivity contribution in [3.05, 3.63) is 48.7 Å². The lowest BCUT2D eigenvalue weighted by Gasteiger charge is -2.20. The molecule has 0 spiro atoms. The minimum absolute atomic E-state index is 0.235. The molecule has 0 saturated carbocycles. The smallest absolute Gasteiger partial charge is 0.251 e. The molecule has 1 aliphatic rings. The number of hydrogen-bond donors (Lipinski definition) is 0. The lowest BCUT2D eigenvalue weighted by molar-refractivity contribution is 0.364. The fourth-order valence-corrected chi connectivity index (χ4v) is 3.00. The van der Waals surface area contributed by atoms with Gasteiger partial charge in [0, 0.05) is 23.9 Å². The van der Waals surface area contributed by atoms with E-state index >= 15 is 0 Å². The monoisotopic (exact) mass is 328 g/mol. The Morgan fingerprint density at radius 1 is 1.17 bits per heavy atom. The lowest BCUT2D eigenvalue weighted by atomic mass is 10.00. The predicted molar refractivity (Wildman–Crippen MR) is 84.6 cm³/mol. The molecule has 0 unspecified atom stereocenters. The van der Waals surface area contributed by atoms with Crippen molar-refractivity contribution < 1.29 is 13.2 Å². The third kappa shape index (κ3) is 2.51. The molecule has 7 heteroatoms. The first kappa shape index (κ1) is 14.7. The number of anilines is 1. The van der Waals surface area contributed by atoms with Crippen LogP contribution < -0.4 is 4.90 Å². The first-order valence-corrected chi connectivity index (χ1v) is 7.63. The Bertz CT molecular complexity index is 854. The average molecular weight is 328 g/mol. The van der Waals surface area contributed by atoms with Gasteiger partial charge in [-0.2, -0.15) is 0 Å². The molecule has 0 aliphatic carbocycles. The summed E-state index contributed by atoms with van der Waals surface area (Å²) in [4.78, 5) is 6.20. The Morgan fingerprint density at radius 3 is 2.75 bits per heavy atom. The minimum Gasteiger partial charge on any atom is -0.423 e. The lowest BCUT2D eigenvalue weighted by Crippen LogP contribution is -2.22. The van der Waals surface area contributed by atoms with Gasteiger partial charge >= 0.3 is 0 Å². The molecule has 3 aromatic rings. The molecular weight excluding hydrogens is 314 g/mol. The number of nitrogens with zero attached hydrogens (tertiary/aromatic N) is 4. The number of hydrogen-bond acceptors (Lipinski definition) is 5. The summed E-state index contributed by atoms with van der Waals surface area (Å²) in [5.41, 5.74) is 1.52. The van der Waals surface area contributed by atoms with Crippen molar-refractivity contribution in [3.63, 3.8) is 0 Å². The number of benzene rings is 1. The molecule has 0 bridgehead atoms. The molecule has 4 rings (SSSR count). The van der Waals surface area contributed by atoms with Crippen LogP contribution in [-0.2, 0) is 0 Å². The van der Waals surface area contributed by atoms with Gasteiger partial charge in [-0.15, -0.1) is 10.2 Å². The fraction of sp³-hybridized carbons (Fsp3) is 0.235. The molecule has 0 amide bonds. The number of alkyl halides is 1. The number of aromatic nitrogens is 3. The Balaban J connectivity index is 1.93. The van der Waals surface area contributed by atoms with Gasteiger partial charge in [0.2, 0.25) is 6.39 Å². The molecule has 1 atom stereocenters. The van der Waals surface area contributed by atoms with Gasteiger partial charge in [0.15, 0.2) is 0 Å². The molecule has 0 N–H and O–H groups in total. The van der Waals surface area contributed by atoms with Crippen LogP contribution in [0.25, 0.3) is 22.6 Å². The standard InChI is InChI=1S/C17H14F2N4O/c18-11-6-8-23(9-11)16-15(17-22-21-10-24-17)13(5-7-20-16)12-3-1-2-4-14(12)19/h1-5,7,10-11H,6,8-9H2/t11-/m0/s1. The van der Waals surface area contributed by atoms with E-state index in [0.29, 0.717) is 35.5 Å². The third-order valence-electron chi connectivity index (χ3n) is 4.10. The Labute approximate surface area is 137 Å². The van der Waals surface area contributed by atoms with Crippen LogP contribution in [0.1, 0.15) is 6.42 Å². The highest BCUT2D eigenvalue weighted by molar-refractivity contribution is 5.87. The highest BCUT2D eigenvalue weighted by Gasteiger charge is 2.28. The van der Waals surface area contributed by atoms with Crippen LogP contribution in [0.3, 0.4) is 0 Å². The van der Waals surface area contributed by atoms with Crippen LogP contribution in [0.2, 0.25) is 0 Å². The molecule has 1 saturated heterocycles. The first-order chi connectivity index (χ1) is 11.7. The zero-order valence-corrected chi connectivity index (χ0v) is 12.7. The van der Waals surface area contributed by atoms with Crippen molar-refractivity contribution in [2.75, 3.05) is 18.0 Å². The minimum atomic E-state index is -0.903. The first-order valence-electron chi connectivity index (χ1n) is 7.63. The summed E-state index contributed by atoms with van der Waals surface area (Å²) in [7, 11) is 0. The molecule has 5 nitrogen and oxygen atoms in total. The van der Waals surface area contributed by atoms with E-state index in [9.17, 15) is 8.78 Å². The van der Waals surface area contributed by atoms with Crippen LogP contribution in [0.15, 0.2) is 47.3 Å². The van der Waals surface area contributed by atoms with Crippen molar-refractivity contribution in [2.45, 2.75) is 12.6 Å². The zero-order valence-electron chi connectivity index (χ0n) is 12.7. The van der Waals surface area contributed by atoms with Gasteiger partial charge in [-0.25, -0.2) is 13.8 Å². The van der Waals surface area contributed by atoms with Gasteiger partial charge in [-0.05, 0) is 18.6 Å². The Morgan fingerprint density at radius 2 is 2.04 bits per heavy atom. The summed E-state index contributed by atoms with van der Waals surface area (Å²) < 4.78 is 33.3. The van der Waals surface area contributed by atoms with Crippen LogP contribution in [0.4, 0.5) is 14.6 Å². The molecule has 0 radical (unpaired) electrons. The second-order valence-electron chi connectivity index (χ2n) is 5.61. The third-order valence-corrected chi connectivity index (χ3v) is 4.10. The van der Waals surface area contributed by atoms with Gasteiger partial charge in [-0.1, -0.05) is 18.2 Å². The largest absolute Gasteiger partial charge is 0.423 e. The predicted octanol–water partition coefficient (Wildman–Crippen LogP) is 3.49. The topological polar surface area (TPSA) is 55.1 Å². The van der Waals surface area contributed by atoms with E-state index < -0.39 is 6.17 Å². The maximum Gasteiger partial charge on any atom is 0.251 e. The van der Waals surface area contributed by atoms with Gasteiger partial charge in [0.1, 0.15) is 17.8 Å². The average Bonchev–Trinajstić information content (AvgIpc) is 3.26. The van der Waals surface area contributed by atoms with Crippen LogP contribution in [0.5, 0.6) is 0 Å². The van der Waals surface area contributed by atoms with Gasteiger partial charge in [-0.3, -0.25) is 0 Å². The van der Waals surface area contributed by atoms with E-state index in [0.717, 1.165) is 0 Å². The second kappa shape index (κ2) is 5.99. The normalized spacial score (nSPS) is 17.4. The van der Waals surface area contributed by atoms with E-state index in [4.69, 9.17) is 4.42 Å². The quantitative estimate of drug-likeness (QED) is 0.737. The molecule has 1 fully saturated rings. The van der Waals surface area contributed by atoms with Crippen molar-refractivity contribution in [2.24, 2.45) is 0 Å². The Kier molecular flexibility index (Phi) is 3.68. The second-order valence-corrected chi connectivity index (χ2v) is 5.61. The zero-order chi connectivity index (χ0) is 16.5. The highest BCUT2D eigenvalue weighted by Crippen LogP contribution is 2.39. The fourth-order valence-electron chi connectivity index (χ4n) is 3.00. The Hall–Kier alpha value is -2.83. The van der Waals surface area contributed by atoms with E-state index in [-0.39, 0.29) is 18.3 Å².